The predicted molar refractivity (Wildman–Crippen MR) is 65.4 cm³/mol. The molecule has 1 aromatic rings. The van der Waals surface area contributed by atoms with Crippen LogP contribution in [0.1, 0.15) is 23.1 Å². The third-order valence-corrected chi connectivity index (χ3v) is 3.87. The van der Waals surface area contributed by atoms with Gasteiger partial charge in [-0.15, -0.1) is 0 Å². The zero-order valence-electron chi connectivity index (χ0n) is 10.3. The number of aryl methyl sites for hydroxylation is 1. The van der Waals surface area contributed by atoms with Crippen LogP contribution in [0.4, 0.5) is 0 Å². The molecule has 3 fully saturated rings. The number of piperazine rings is 3. The molecule has 1 aromatic heterocycles. The van der Waals surface area contributed by atoms with Crippen molar-refractivity contribution in [3.8, 4) is 0 Å². The zero-order valence-corrected chi connectivity index (χ0v) is 10.3. The van der Waals surface area contributed by atoms with E-state index in [4.69, 9.17) is 5.73 Å². The standard InChI is InChI=1S/C12H19N5/c1-9-7-14-12(15-10(9)6-13)11-8-16-2-4-17(11)5-3-16/h7,11H,2-6,8,13H2,1H3. The molecular weight excluding hydrogens is 214 g/mol. The van der Waals surface area contributed by atoms with Gasteiger partial charge >= 0.3 is 0 Å². The molecule has 0 spiro atoms. The van der Waals surface area contributed by atoms with E-state index in [1.807, 2.05) is 13.1 Å². The highest BCUT2D eigenvalue weighted by Gasteiger charge is 2.34. The van der Waals surface area contributed by atoms with E-state index in [0.29, 0.717) is 12.6 Å². The second-order valence-corrected chi connectivity index (χ2v) is 4.91. The molecule has 0 aliphatic carbocycles. The van der Waals surface area contributed by atoms with E-state index in [1.165, 1.54) is 13.1 Å². The van der Waals surface area contributed by atoms with Crippen LogP contribution >= 0.6 is 0 Å². The van der Waals surface area contributed by atoms with Crippen LogP contribution in [-0.4, -0.2) is 52.5 Å². The highest BCUT2D eigenvalue weighted by molar-refractivity contribution is 5.17. The molecule has 4 rings (SSSR count). The van der Waals surface area contributed by atoms with Crippen molar-refractivity contribution < 1.29 is 0 Å². The van der Waals surface area contributed by atoms with E-state index >= 15 is 0 Å². The Hall–Kier alpha value is -1.04. The lowest BCUT2D eigenvalue weighted by atomic mass is 10.1. The Balaban J connectivity index is 1.89. The number of hydrogen-bond acceptors (Lipinski definition) is 5. The fourth-order valence-electron chi connectivity index (χ4n) is 2.72. The van der Waals surface area contributed by atoms with Gasteiger partial charge in [-0.2, -0.15) is 0 Å². The smallest absolute Gasteiger partial charge is 0.147 e. The molecule has 4 heterocycles. The molecule has 3 aliphatic rings. The fourth-order valence-corrected chi connectivity index (χ4v) is 2.72. The van der Waals surface area contributed by atoms with Crippen molar-refractivity contribution in [3.63, 3.8) is 0 Å². The van der Waals surface area contributed by atoms with Gasteiger partial charge in [0.15, 0.2) is 0 Å². The first-order valence-corrected chi connectivity index (χ1v) is 6.27. The van der Waals surface area contributed by atoms with Crippen molar-refractivity contribution in [1.29, 1.82) is 0 Å². The molecule has 5 heteroatoms. The average molecular weight is 233 g/mol. The highest BCUT2D eigenvalue weighted by atomic mass is 15.4. The summed E-state index contributed by atoms with van der Waals surface area (Å²) in [6, 6.07) is 0.364. The lowest BCUT2D eigenvalue weighted by Crippen LogP contribution is -2.57. The van der Waals surface area contributed by atoms with Crippen LogP contribution < -0.4 is 5.73 Å². The molecule has 0 radical (unpaired) electrons. The summed E-state index contributed by atoms with van der Waals surface area (Å²) in [7, 11) is 0. The SMILES string of the molecule is Cc1cnc(C2CN3CCN2CC3)nc1CN. The fraction of sp³-hybridized carbons (Fsp3) is 0.667. The first-order chi connectivity index (χ1) is 8.28. The molecule has 0 amide bonds. The number of nitrogens with two attached hydrogens (primary N) is 1. The number of hydrogen-bond donors (Lipinski definition) is 1. The van der Waals surface area contributed by atoms with E-state index < -0.39 is 0 Å². The molecule has 1 atom stereocenters. The summed E-state index contributed by atoms with van der Waals surface area (Å²) in [6.45, 7) is 8.23. The van der Waals surface area contributed by atoms with Crippen molar-refractivity contribution in [2.75, 3.05) is 32.7 Å². The van der Waals surface area contributed by atoms with Gasteiger partial charge in [-0.3, -0.25) is 9.80 Å². The minimum atomic E-state index is 0.364. The number of aromatic nitrogens is 2. The summed E-state index contributed by atoms with van der Waals surface area (Å²) in [4.78, 5) is 14.1. The third kappa shape index (κ3) is 1.94. The maximum absolute atomic E-state index is 5.71. The van der Waals surface area contributed by atoms with E-state index in [9.17, 15) is 0 Å². The zero-order chi connectivity index (χ0) is 11.8. The quantitative estimate of drug-likeness (QED) is 0.774. The largest absolute Gasteiger partial charge is 0.325 e. The summed E-state index contributed by atoms with van der Waals surface area (Å²) in [6.07, 6.45) is 1.91. The van der Waals surface area contributed by atoms with Crippen molar-refractivity contribution >= 4 is 0 Å². The number of fused-ring (bicyclic) bond motifs is 3. The Morgan fingerprint density at radius 1 is 1.35 bits per heavy atom. The van der Waals surface area contributed by atoms with Gasteiger partial charge in [0.25, 0.3) is 0 Å². The summed E-state index contributed by atoms with van der Waals surface area (Å²) in [5, 5.41) is 0. The van der Waals surface area contributed by atoms with E-state index in [0.717, 1.165) is 36.7 Å². The molecule has 3 saturated heterocycles. The van der Waals surface area contributed by atoms with Crippen LogP contribution in [0.5, 0.6) is 0 Å². The first-order valence-electron chi connectivity index (χ1n) is 6.27. The molecule has 1 unspecified atom stereocenters. The van der Waals surface area contributed by atoms with Gasteiger partial charge in [-0.1, -0.05) is 0 Å². The normalized spacial score (nSPS) is 31.8. The second kappa shape index (κ2) is 4.33. The number of nitrogens with zero attached hydrogens (tertiary/aromatic N) is 4. The van der Waals surface area contributed by atoms with Gasteiger partial charge < -0.3 is 5.73 Å². The maximum atomic E-state index is 5.71. The molecular formula is C12H19N5. The monoisotopic (exact) mass is 233 g/mol. The number of rotatable bonds is 2. The predicted octanol–water partition coefficient (Wildman–Crippen LogP) is -0.0840. The molecule has 5 nitrogen and oxygen atoms in total. The summed E-state index contributed by atoms with van der Waals surface area (Å²) in [5.41, 5.74) is 7.78. The lowest BCUT2D eigenvalue weighted by Gasteiger charge is -2.46. The second-order valence-electron chi connectivity index (χ2n) is 4.91. The molecule has 92 valence electrons. The maximum Gasteiger partial charge on any atom is 0.147 e. The Kier molecular flexibility index (Phi) is 2.82. The average Bonchev–Trinajstić information content (AvgIpc) is 2.40. The minimum Gasteiger partial charge on any atom is -0.325 e. The van der Waals surface area contributed by atoms with Gasteiger partial charge in [0, 0.05) is 45.5 Å². The van der Waals surface area contributed by atoms with Crippen LogP contribution in [0.2, 0.25) is 0 Å². The van der Waals surface area contributed by atoms with Crippen molar-refractivity contribution in [3.05, 3.63) is 23.3 Å². The first kappa shape index (κ1) is 11.1. The van der Waals surface area contributed by atoms with Crippen molar-refractivity contribution in [2.24, 2.45) is 5.73 Å². The molecule has 2 N–H and O–H groups in total. The summed E-state index contributed by atoms with van der Waals surface area (Å²) >= 11 is 0. The Morgan fingerprint density at radius 3 is 2.71 bits per heavy atom. The Bertz CT molecular complexity index is 411. The molecule has 17 heavy (non-hydrogen) atoms. The molecule has 2 bridgehead atoms. The third-order valence-electron chi connectivity index (χ3n) is 3.87. The van der Waals surface area contributed by atoms with E-state index in [1.54, 1.807) is 0 Å². The van der Waals surface area contributed by atoms with Crippen LogP contribution in [0.3, 0.4) is 0 Å². The van der Waals surface area contributed by atoms with Crippen molar-refractivity contribution in [1.82, 2.24) is 19.8 Å². The van der Waals surface area contributed by atoms with Gasteiger partial charge in [-0.05, 0) is 12.5 Å². The van der Waals surface area contributed by atoms with Crippen molar-refractivity contribution in [2.45, 2.75) is 19.5 Å². The van der Waals surface area contributed by atoms with Crippen LogP contribution in [0, 0.1) is 6.92 Å². The van der Waals surface area contributed by atoms with Crippen LogP contribution in [-0.2, 0) is 6.54 Å². The van der Waals surface area contributed by atoms with E-state index in [-0.39, 0.29) is 0 Å². The molecule has 3 aliphatic heterocycles. The lowest BCUT2D eigenvalue weighted by molar-refractivity contribution is 0.00854. The Morgan fingerprint density at radius 2 is 2.12 bits per heavy atom. The van der Waals surface area contributed by atoms with Gasteiger partial charge in [-0.25, -0.2) is 9.97 Å². The Labute approximate surface area is 102 Å². The van der Waals surface area contributed by atoms with Gasteiger partial charge in [0.05, 0.1) is 11.7 Å². The highest BCUT2D eigenvalue weighted by Crippen LogP contribution is 2.26. The van der Waals surface area contributed by atoms with Gasteiger partial charge in [0.1, 0.15) is 5.82 Å². The van der Waals surface area contributed by atoms with Crippen LogP contribution in [0.25, 0.3) is 0 Å². The summed E-state index contributed by atoms with van der Waals surface area (Å²) in [5.74, 6) is 0.945. The van der Waals surface area contributed by atoms with Gasteiger partial charge in [0.2, 0.25) is 0 Å². The molecule has 0 saturated carbocycles. The molecule has 0 aromatic carbocycles. The van der Waals surface area contributed by atoms with Crippen LogP contribution in [0.15, 0.2) is 6.20 Å². The van der Waals surface area contributed by atoms with E-state index in [2.05, 4.69) is 19.8 Å². The summed E-state index contributed by atoms with van der Waals surface area (Å²) < 4.78 is 0. The topological polar surface area (TPSA) is 58.3 Å². The minimum absolute atomic E-state index is 0.364.